The molecule has 2 rings (SSSR count). The largest absolute Gasteiger partial charge is 0.418 e. The van der Waals surface area contributed by atoms with Crippen molar-refractivity contribution < 1.29 is 18.3 Å². The highest BCUT2D eigenvalue weighted by Gasteiger charge is 2.33. The maximum atomic E-state index is 12.9. The third-order valence-electron chi connectivity index (χ3n) is 3.76. The smallest absolute Gasteiger partial charge is 0.398 e. The van der Waals surface area contributed by atoms with Gasteiger partial charge in [0.25, 0.3) is 0 Å². The number of hydrogen-bond donors (Lipinski definition) is 2. The number of rotatable bonds is 3. The van der Waals surface area contributed by atoms with Crippen LogP contribution in [-0.4, -0.2) is 24.8 Å². The monoisotopic (exact) mass is 288 g/mol. The van der Waals surface area contributed by atoms with Crippen molar-refractivity contribution in [2.45, 2.75) is 25.4 Å². The molecule has 1 fully saturated rings. The molecule has 0 amide bonds. The van der Waals surface area contributed by atoms with E-state index in [4.69, 9.17) is 10.8 Å². The van der Waals surface area contributed by atoms with Crippen LogP contribution in [-0.2, 0) is 6.18 Å². The third kappa shape index (κ3) is 3.36. The fourth-order valence-corrected chi connectivity index (χ4v) is 2.70. The molecule has 1 atom stereocenters. The predicted octanol–water partition coefficient (Wildman–Crippen LogP) is 2.89. The Kier molecular flexibility index (Phi) is 4.42. The van der Waals surface area contributed by atoms with Crippen LogP contribution in [0.1, 0.15) is 24.8 Å². The normalized spacial score (nSPS) is 20.2. The van der Waals surface area contributed by atoms with Gasteiger partial charge in [0, 0.05) is 31.1 Å². The topological polar surface area (TPSA) is 49.5 Å². The molecular weight excluding hydrogens is 269 g/mol. The van der Waals surface area contributed by atoms with Crippen LogP contribution in [0.4, 0.5) is 24.5 Å². The number of nitrogens with zero attached hydrogens (tertiary/aromatic N) is 1. The SMILES string of the molecule is Nc1ccc(N2CCCC(CCO)C2)cc1C(F)(F)F. The van der Waals surface area contributed by atoms with Crippen LogP contribution in [0, 0.1) is 5.92 Å². The van der Waals surface area contributed by atoms with Crippen molar-refractivity contribution in [3.8, 4) is 0 Å². The van der Waals surface area contributed by atoms with Gasteiger partial charge in [0.15, 0.2) is 0 Å². The molecule has 1 heterocycles. The highest BCUT2D eigenvalue weighted by Crippen LogP contribution is 2.36. The van der Waals surface area contributed by atoms with Crippen LogP contribution in [0.5, 0.6) is 0 Å². The molecule has 112 valence electrons. The zero-order valence-corrected chi connectivity index (χ0v) is 11.2. The number of aliphatic hydroxyl groups excluding tert-OH is 1. The average molecular weight is 288 g/mol. The predicted molar refractivity (Wildman–Crippen MR) is 72.5 cm³/mol. The van der Waals surface area contributed by atoms with Crippen molar-refractivity contribution in [1.82, 2.24) is 0 Å². The van der Waals surface area contributed by atoms with Gasteiger partial charge < -0.3 is 15.7 Å². The van der Waals surface area contributed by atoms with E-state index in [0.29, 0.717) is 24.6 Å². The van der Waals surface area contributed by atoms with Crippen molar-refractivity contribution in [1.29, 1.82) is 0 Å². The lowest BCUT2D eigenvalue weighted by Crippen LogP contribution is -2.35. The Labute approximate surface area is 116 Å². The Balaban J connectivity index is 2.20. The quantitative estimate of drug-likeness (QED) is 0.841. The fourth-order valence-electron chi connectivity index (χ4n) is 2.70. The van der Waals surface area contributed by atoms with Gasteiger partial charge in [-0.05, 0) is 43.4 Å². The van der Waals surface area contributed by atoms with E-state index in [2.05, 4.69) is 0 Å². The van der Waals surface area contributed by atoms with E-state index in [1.165, 1.54) is 6.07 Å². The van der Waals surface area contributed by atoms with Crippen LogP contribution in [0.2, 0.25) is 0 Å². The van der Waals surface area contributed by atoms with E-state index < -0.39 is 11.7 Å². The number of hydrogen-bond acceptors (Lipinski definition) is 3. The number of aliphatic hydroxyl groups is 1. The van der Waals surface area contributed by atoms with E-state index >= 15 is 0 Å². The lowest BCUT2D eigenvalue weighted by molar-refractivity contribution is -0.136. The number of nitrogens with two attached hydrogens (primary N) is 1. The first-order valence-corrected chi connectivity index (χ1v) is 6.74. The Morgan fingerprint density at radius 1 is 1.35 bits per heavy atom. The summed E-state index contributed by atoms with van der Waals surface area (Å²) in [7, 11) is 0. The Hall–Kier alpha value is -1.43. The molecule has 1 unspecified atom stereocenters. The molecule has 1 aromatic carbocycles. The van der Waals surface area contributed by atoms with Gasteiger partial charge in [0.1, 0.15) is 0 Å². The second-order valence-corrected chi connectivity index (χ2v) is 5.24. The number of halogens is 3. The highest BCUT2D eigenvalue weighted by molar-refractivity contribution is 5.59. The molecule has 0 spiro atoms. The van der Waals surface area contributed by atoms with Crippen molar-refractivity contribution >= 4 is 11.4 Å². The molecule has 1 aliphatic rings. The average Bonchev–Trinajstić information content (AvgIpc) is 2.38. The standard InChI is InChI=1S/C14H19F3N2O/c15-14(16,17)12-8-11(3-4-13(12)18)19-6-1-2-10(9-19)5-7-20/h3-4,8,10,20H,1-2,5-7,9,18H2. The molecule has 0 saturated carbocycles. The minimum Gasteiger partial charge on any atom is -0.398 e. The molecule has 0 aliphatic carbocycles. The first-order valence-electron chi connectivity index (χ1n) is 6.74. The minimum absolute atomic E-state index is 0.119. The van der Waals surface area contributed by atoms with E-state index in [1.807, 2.05) is 4.90 Å². The van der Waals surface area contributed by atoms with E-state index in [0.717, 1.165) is 25.5 Å². The summed E-state index contributed by atoms with van der Waals surface area (Å²) in [4.78, 5) is 1.94. The number of alkyl halides is 3. The number of piperidine rings is 1. The van der Waals surface area contributed by atoms with Gasteiger partial charge in [0.05, 0.1) is 5.56 Å². The van der Waals surface area contributed by atoms with Gasteiger partial charge in [0.2, 0.25) is 0 Å². The molecule has 3 nitrogen and oxygen atoms in total. The number of anilines is 2. The lowest BCUT2D eigenvalue weighted by Gasteiger charge is -2.34. The van der Waals surface area contributed by atoms with Crippen LogP contribution in [0.25, 0.3) is 0 Å². The zero-order chi connectivity index (χ0) is 14.8. The van der Waals surface area contributed by atoms with Gasteiger partial charge in [-0.25, -0.2) is 0 Å². The minimum atomic E-state index is -4.43. The summed E-state index contributed by atoms with van der Waals surface area (Å²) < 4.78 is 38.6. The molecule has 0 radical (unpaired) electrons. The van der Waals surface area contributed by atoms with E-state index in [-0.39, 0.29) is 12.3 Å². The lowest BCUT2D eigenvalue weighted by atomic mass is 9.94. The van der Waals surface area contributed by atoms with Crippen molar-refractivity contribution in [3.63, 3.8) is 0 Å². The van der Waals surface area contributed by atoms with Gasteiger partial charge in [-0.15, -0.1) is 0 Å². The van der Waals surface area contributed by atoms with Gasteiger partial charge >= 0.3 is 6.18 Å². The maximum absolute atomic E-state index is 12.9. The molecule has 0 aromatic heterocycles. The Morgan fingerprint density at radius 3 is 2.75 bits per heavy atom. The first kappa shape index (κ1) is 15.0. The summed E-state index contributed by atoms with van der Waals surface area (Å²) in [6, 6.07) is 4.07. The summed E-state index contributed by atoms with van der Waals surface area (Å²) in [6.45, 7) is 1.54. The van der Waals surface area contributed by atoms with Crippen molar-refractivity contribution in [2.75, 3.05) is 30.3 Å². The fraction of sp³-hybridized carbons (Fsp3) is 0.571. The van der Waals surface area contributed by atoms with E-state index in [1.54, 1.807) is 6.07 Å². The molecule has 1 aromatic rings. The molecule has 6 heteroatoms. The second-order valence-electron chi connectivity index (χ2n) is 5.24. The highest BCUT2D eigenvalue weighted by atomic mass is 19.4. The molecule has 1 saturated heterocycles. The van der Waals surface area contributed by atoms with Gasteiger partial charge in [-0.2, -0.15) is 13.2 Å². The summed E-state index contributed by atoms with van der Waals surface area (Å²) in [5, 5.41) is 8.98. The zero-order valence-electron chi connectivity index (χ0n) is 11.2. The molecular formula is C14H19F3N2O. The summed E-state index contributed by atoms with van der Waals surface area (Å²) in [5.41, 5.74) is 4.94. The van der Waals surface area contributed by atoms with Crippen LogP contribution >= 0.6 is 0 Å². The van der Waals surface area contributed by atoms with Gasteiger partial charge in [-0.3, -0.25) is 0 Å². The molecule has 1 aliphatic heterocycles. The summed E-state index contributed by atoms with van der Waals surface area (Å²) in [6.07, 6.45) is -1.80. The second kappa shape index (κ2) is 5.91. The van der Waals surface area contributed by atoms with Gasteiger partial charge in [-0.1, -0.05) is 0 Å². The maximum Gasteiger partial charge on any atom is 0.418 e. The number of nitrogen functional groups attached to an aromatic ring is 1. The Bertz CT molecular complexity index is 460. The summed E-state index contributed by atoms with van der Waals surface area (Å²) >= 11 is 0. The van der Waals surface area contributed by atoms with Crippen LogP contribution in [0.3, 0.4) is 0 Å². The van der Waals surface area contributed by atoms with Crippen LogP contribution in [0.15, 0.2) is 18.2 Å². The third-order valence-corrected chi connectivity index (χ3v) is 3.76. The molecule has 3 N–H and O–H groups in total. The van der Waals surface area contributed by atoms with Crippen LogP contribution < -0.4 is 10.6 Å². The van der Waals surface area contributed by atoms with Crippen molar-refractivity contribution in [2.24, 2.45) is 5.92 Å². The Morgan fingerprint density at radius 2 is 2.10 bits per heavy atom. The summed E-state index contributed by atoms with van der Waals surface area (Å²) in [5.74, 6) is 0.334. The number of benzene rings is 1. The molecule has 0 bridgehead atoms. The van der Waals surface area contributed by atoms with E-state index in [9.17, 15) is 13.2 Å². The molecule has 20 heavy (non-hydrogen) atoms. The first-order chi connectivity index (χ1) is 9.41. The van der Waals surface area contributed by atoms with Crippen molar-refractivity contribution in [3.05, 3.63) is 23.8 Å².